The molecule has 0 saturated heterocycles. The molecule has 2 aromatic carbocycles. The van der Waals surface area contributed by atoms with E-state index in [0.29, 0.717) is 18.1 Å². The van der Waals surface area contributed by atoms with Gasteiger partial charge in [0.25, 0.3) is 0 Å². The van der Waals surface area contributed by atoms with Crippen molar-refractivity contribution < 1.29 is 9.59 Å². The van der Waals surface area contributed by atoms with Crippen molar-refractivity contribution in [3.05, 3.63) is 64.2 Å². The first kappa shape index (κ1) is 19.2. The maximum Gasteiger partial charge on any atom is 0.319 e. The minimum absolute atomic E-state index is 0.00787. The third-order valence-corrected chi connectivity index (χ3v) is 4.90. The lowest BCUT2D eigenvalue weighted by Gasteiger charge is -2.30. The zero-order valence-electron chi connectivity index (χ0n) is 15.6. The third kappa shape index (κ3) is 5.01. The quantitative estimate of drug-likeness (QED) is 0.828. The second kappa shape index (κ2) is 8.44. The Bertz CT molecular complexity index is 834. The van der Waals surface area contributed by atoms with Crippen LogP contribution in [0.15, 0.2) is 42.5 Å². The maximum absolute atomic E-state index is 12.2. The average molecular weight is 386 g/mol. The molecule has 3 amide bonds. The Morgan fingerprint density at radius 2 is 1.85 bits per heavy atom. The van der Waals surface area contributed by atoms with Crippen LogP contribution in [0.2, 0.25) is 5.02 Å². The van der Waals surface area contributed by atoms with Gasteiger partial charge in [-0.1, -0.05) is 43.6 Å². The van der Waals surface area contributed by atoms with Crippen LogP contribution in [-0.2, 0) is 24.3 Å². The molecule has 1 heterocycles. The van der Waals surface area contributed by atoms with Gasteiger partial charge in [0.2, 0.25) is 5.91 Å². The molecule has 2 aromatic rings. The van der Waals surface area contributed by atoms with Gasteiger partial charge in [0.05, 0.1) is 0 Å². The highest BCUT2D eigenvalue weighted by molar-refractivity contribution is 6.30. The summed E-state index contributed by atoms with van der Waals surface area (Å²) < 4.78 is 0. The number of amides is 3. The second-order valence-corrected chi connectivity index (χ2v) is 7.52. The first-order chi connectivity index (χ1) is 12.9. The Morgan fingerprint density at radius 3 is 2.56 bits per heavy atom. The van der Waals surface area contributed by atoms with Crippen LogP contribution in [-0.4, -0.2) is 23.4 Å². The molecule has 142 valence electrons. The van der Waals surface area contributed by atoms with E-state index in [2.05, 4.69) is 10.6 Å². The highest BCUT2D eigenvalue weighted by Gasteiger charge is 2.22. The van der Waals surface area contributed by atoms with Crippen LogP contribution in [0.5, 0.6) is 0 Å². The molecule has 1 aliphatic heterocycles. The number of carbonyl (C=O) groups excluding carboxylic acids is 2. The normalized spacial score (nSPS) is 13.3. The van der Waals surface area contributed by atoms with Crippen LogP contribution < -0.4 is 10.6 Å². The number of rotatable bonds is 4. The number of carbonyl (C=O) groups is 2. The Labute approximate surface area is 164 Å². The number of halogens is 1. The highest BCUT2D eigenvalue weighted by Crippen LogP contribution is 2.23. The molecule has 1 aliphatic rings. The monoisotopic (exact) mass is 385 g/mol. The van der Waals surface area contributed by atoms with E-state index in [9.17, 15) is 9.59 Å². The number of anilines is 1. The van der Waals surface area contributed by atoms with Crippen LogP contribution in [0.4, 0.5) is 10.5 Å². The topological polar surface area (TPSA) is 61.4 Å². The fourth-order valence-electron chi connectivity index (χ4n) is 3.15. The summed E-state index contributed by atoms with van der Waals surface area (Å²) in [6, 6.07) is 13.0. The summed E-state index contributed by atoms with van der Waals surface area (Å²) in [5.74, 6) is 0.159. The molecule has 0 radical (unpaired) electrons. The lowest BCUT2D eigenvalue weighted by Crippen LogP contribution is -2.38. The van der Waals surface area contributed by atoms with Crippen molar-refractivity contribution in [2.24, 2.45) is 5.92 Å². The summed E-state index contributed by atoms with van der Waals surface area (Å²) in [5.41, 5.74) is 4.02. The zero-order chi connectivity index (χ0) is 19.4. The predicted molar refractivity (Wildman–Crippen MR) is 108 cm³/mol. The number of hydrogen-bond acceptors (Lipinski definition) is 2. The predicted octanol–water partition coefficient (Wildman–Crippen LogP) is 4.20. The minimum Gasteiger partial charge on any atom is -0.338 e. The largest absolute Gasteiger partial charge is 0.338 e. The van der Waals surface area contributed by atoms with Crippen LogP contribution in [0.3, 0.4) is 0 Å². The summed E-state index contributed by atoms with van der Waals surface area (Å²) in [7, 11) is 0. The van der Waals surface area contributed by atoms with Gasteiger partial charge in [0, 0.05) is 36.3 Å². The Hall–Kier alpha value is -2.53. The third-order valence-electron chi connectivity index (χ3n) is 4.65. The van der Waals surface area contributed by atoms with Crippen LogP contribution in [0, 0.1) is 5.92 Å². The van der Waals surface area contributed by atoms with E-state index in [1.165, 1.54) is 5.56 Å². The number of hydrogen-bond donors (Lipinski definition) is 2. The smallest absolute Gasteiger partial charge is 0.319 e. The Morgan fingerprint density at radius 1 is 1.11 bits per heavy atom. The molecular weight excluding hydrogens is 362 g/mol. The van der Waals surface area contributed by atoms with Gasteiger partial charge < -0.3 is 15.5 Å². The molecule has 2 N–H and O–H groups in total. The molecule has 6 heteroatoms. The van der Waals surface area contributed by atoms with E-state index in [1.54, 1.807) is 12.1 Å². The van der Waals surface area contributed by atoms with Crippen molar-refractivity contribution in [2.75, 3.05) is 11.9 Å². The van der Waals surface area contributed by atoms with Crippen LogP contribution >= 0.6 is 11.6 Å². The van der Waals surface area contributed by atoms with Gasteiger partial charge in [-0.15, -0.1) is 0 Å². The van der Waals surface area contributed by atoms with Crippen molar-refractivity contribution in [1.29, 1.82) is 0 Å². The lowest BCUT2D eigenvalue weighted by molar-refractivity contribution is -0.135. The number of nitrogens with zero attached hydrogens (tertiary/aromatic N) is 1. The van der Waals surface area contributed by atoms with Crippen LogP contribution in [0.1, 0.15) is 30.5 Å². The lowest BCUT2D eigenvalue weighted by atomic mass is 9.98. The van der Waals surface area contributed by atoms with E-state index >= 15 is 0 Å². The van der Waals surface area contributed by atoms with Crippen molar-refractivity contribution >= 4 is 29.2 Å². The van der Waals surface area contributed by atoms with Gasteiger partial charge in [-0.25, -0.2) is 4.79 Å². The number of urea groups is 1. The molecule has 3 rings (SSSR count). The highest BCUT2D eigenvalue weighted by atomic mass is 35.5. The molecule has 5 nitrogen and oxygen atoms in total. The molecule has 0 aliphatic carbocycles. The maximum atomic E-state index is 12.2. The molecule has 0 saturated carbocycles. The average Bonchev–Trinajstić information content (AvgIpc) is 2.66. The summed E-state index contributed by atoms with van der Waals surface area (Å²) in [6.45, 7) is 5.60. The summed E-state index contributed by atoms with van der Waals surface area (Å²) in [4.78, 5) is 26.3. The first-order valence-corrected chi connectivity index (χ1v) is 9.50. The summed E-state index contributed by atoms with van der Waals surface area (Å²) >= 11 is 5.86. The van der Waals surface area contributed by atoms with Crippen molar-refractivity contribution in [2.45, 2.75) is 33.4 Å². The molecule has 0 spiro atoms. The first-order valence-electron chi connectivity index (χ1n) is 9.12. The SMILES string of the molecule is CC(C)C(=O)N1CCc2ccc(NC(=O)NCc3ccc(Cl)cc3)cc2C1. The van der Waals surface area contributed by atoms with Gasteiger partial charge in [0.15, 0.2) is 0 Å². The van der Waals surface area contributed by atoms with Gasteiger partial charge in [-0.05, 0) is 47.4 Å². The van der Waals surface area contributed by atoms with Crippen molar-refractivity contribution in [3.8, 4) is 0 Å². The number of nitrogens with one attached hydrogen (secondary N) is 2. The van der Waals surface area contributed by atoms with E-state index < -0.39 is 0 Å². The molecule has 0 unspecified atom stereocenters. The van der Waals surface area contributed by atoms with E-state index in [0.717, 1.165) is 29.8 Å². The molecule has 0 bridgehead atoms. The zero-order valence-corrected chi connectivity index (χ0v) is 16.3. The molecule has 0 fully saturated rings. The number of fused-ring (bicyclic) bond motifs is 1. The van der Waals surface area contributed by atoms with E-state index in [1.807, 2.05) is 49.1 Å². The van der Waals surface area contributed by atoms with Crippen molar-refractivity contribution in [1.82, 2.24) is 10.2 Å². The molecule has 0 atom stereocenters. The summed E-state index contributed by atoms with van der Waals surface area (Å²) in [5, 5.41) is 6.36. The van der Waals surface area contributed by atoms with E-state index in [4.69, 9.17) is 11.6 Å². The van der Waals surface area contributed by atoms with Crippen LogP contribution in [0.25, 0.3) is 0 Å². The standard InChI is InChI=1S/C21H24ClN3O2/c1-14(2)20(26)25-10-9-16-5-8-19(11-17(16)13-25)24-21(27)23-12-15-3-6-18(22)7-4-15/h3-8,11,14H,9-10,12-13H2,1-2H3,(H2,23,24,27). The molecule has 27 heavy (non-hydrogen) atoms. The number of benzene rings is 2. The molecule has 0 aromatic heterocycles. The molecular formula is C21H24ClN3O2. The van der Waals surface area contributed by atoms with Gasteiger partial charge >= 0.3 is 6.03 Å². The second-order valence-electron chi connectivity index (χ2n) is 7.08. The Balaban J connectivity index is 1.59. The fraction of sp³-hybridized carbons (Fsp3) is 0.333. The fourth-order valence-corrected chi connectivity index (χ4v) is 3.27. The van der Waals surface area contributed by atoms with Gasteiger partial charge in [-0.2, -0.15) is 0 Å². The summed E-state index contributed by atoms with van der Waals surface area (Å²) in [6.07, 6.45) is 0.844. The van der Waals surface area contributed by atoms with Crippen molar-refractivity contribution in [3.63, 3.8) is 0 Å². The Kier molecular flexibility index (Phi) is 6.01. The van der Waals surface area contributed by atoms with Gasteiger partial charge in [0.1, 0.15) is 0 Å². The minimum atomic E-state index is -0.268. The van der Waals surface area contributed by atoms with Gasteiger partial charge in [-0.3, -0.25) is 4.79 Å². The van der Waals surface area contributed by atoms with E-state index in [-0.39, 0.29) is 17.9 Å².